The standard InChI is InChI=1S/C13H21N5O2/c1-3-18-12(11(14)7-15-18)13(20)17-6-4-5-10(8-17)16-9(2)19/h7,10H,3-6,8,14H2,1-2H3,(H,16,19). The van der Waals surface area contributed by atoms with E-state index in [2.05, 4.69) is 10.4 Å². The van der Waals surface area contributed by atoms with Gasteiger partial charge in [-0.3, -0.25) is 14.3 Å². The van der Waals surface area contributed by atoms with Crippen molar-refractivity contribution in [2.45, 2.75) is 39.3 Å². The van der Waals surface area contributed by atoms with E-state index in [1.807, 2.05) is 6.92 Å². The van der Waals surface area contributed by atoms with Gasteiger partial charge < -0.3 is 16.0 Å². The van der Waals surface area contributed by atoms with Crippen LogP contribution < -0.4 is 11.1 Å². The number of hydrogen-bond donors (Lipinski definition) is 2. The Kier molecular flexibility index (Phi) is 4.26. The number of nitrogens with one attached hydrogen (secondary N) is 1. The van der Waals surface area contributed by atoms with Crippen molar-refractivity contribution in [3.05, 3.63) is 11.9 Å². The van der Waals surface area contributed by atoms with Gasteiger partial charge in [-0.1, -0.05) is 0 Å². The number of nitrogen functional groups attached to an aromatic ring is 1. The van der Waals surface area contributed by atoms with E-state index in [0.29, 0.717) is 31.0 Å². The predicted molar refractivity (Wildman–Crippen MR) is 75.1 cm³/mol. The Hall–Kier alpha value is -2.05. The van der Waals surface area contributed by atoms with Crippen molar-refractivity contribution < 1.29 is 9.59 Å². The third kappa shape index (κ3) is 2.92. The molecular weight excluding hydrogens is 258 g/mol. The minimum Gasteiger partial charge on any atom is -0.396 e. The van der Waals surface area contributed by atoms with Gasteiger partial charge >= 0.3 is 0 Å². The van der Waals surface area contributed by atoms with Crippen LogP contribution in [0.25, 0.3) is 0 Å². The number of anilines is 1. The third-order valence-corrected chi connectivity index (χ3v) is 3.49. The Morgan fingerprint density at radius 2 is 2.30 bits per heavy atom. The Morgan fingerprint density at radius 3 is 2.95 bits per heavy atom. The molecule has 3 N–H and O–H groups in total. The van der Waals surface area contributed by atoms with E-state index >= 15 is 0 Å². The Bertz CT molecular complexity index is 511. The molecule has 1 aliphatic heterocycles. The number of piperidine rings is 1. The average molecular weight is 279 g/mol. The SMILES string of the molecule is CCn1ncc(N)c1C(=O)N1CCCC(NC(C)=O)C1. The lowest BCUT2D eigenvalue weighted by Crippen LogP contribution is -2.49. The molecule has 0 saturated carbocycles. The maximum absolute atomic E-state index is 12.6. The number of carbonyl (C=O) groups excluding carboxylic acids is 2. The molecule has 1 aliphatic rings. The molecule has 110 valence electrons. The largest absolute Gasteiger partial charge is 0.396 e. The molecule has 0 aromatic carbocycles. The first kappa shape index (κ1) is 14.4. The predicted octanol–water partition coefficient (Wildman–Crippen LogP) is 0.226. The Balaban J connectivity index is 2.12. The van der Waals surface area contributed by atoms with Gasteiger partial charge in [0.1, 0.15) is 5.69 Å². The highest BCUT2D eigenvalue weighted by Gasteiger charge is 2.28. The van der Waals surface area contributed by atoms with Crippen LogP contribution in [0.3, 0.4) is 0 Å². The fourth-order valence-electron chi connectivity index (χ4n) is 2.59. The van der Waals surface area contributed by atoms with Gasteiger partial charge in [-0.05, 0) is 19.8 Å². The molecule has 1 saturated heterocycles. The van der Waals surface area contributed by atoms with Crippen LogP contribution in [0.5, 0.6) is 0 Å². The summed E-state index contributed by atoms with van der Waals surface area (Å²) in [4.78, 5) is 25.4. The smallest absolute Gasteiger partial charge is 0.274 e. The fraction of sp³-hybridized carbons (Fsp3) is 0.615. The van der Waals surface area contributed by atoms with Crippen molar-refractivity contribution in [1.29, 1.82) is 0 Å². The average Bonchev–Trinajstić information content (AvgIpc) is 2.78. The molecule has 2 rings (SSSR count). The van der Waals surface area contributed by atoms with Gasteiger partial charge in [-0.25, -0.2) is 0 Å². The second-order valence-electron chi connectivity index (χ2n) is 5.06. The van der Waals surface area contributed by atoms with Gasteiger partial charge in [0.25, 0.3) is 5.91 Å². The monoisotopic (exact) mass is 279 g/mol. The first-order valence-electron chi connectivity index (χ1n) is 6.90. The quantitative estimate of drug-likeness (QED) is 0.828. The number of aromatic nitrogens is 2. The topological polar surface area (TPSA) is 93.2 Å². The van der Waals surface area contributed by atoms with Crippen LogP contribution in [0, 0.1) is 0 Å². The first-order chi connectivity index (χ1) is 9.52. The number of likely N-dealkylation sites (tertiary alicyclic amines) is 1. The summed E-state index contributed by atoms with van der Waals surface area (Å²) >= 11 is 0. The van der Waals surface area contributed by atoms with Crippen LogP contribution >= 0.6 is 0 Å². The van der Waals surface area contributed by atoms with Gasteiger partial charge in [0.2, 0.25) is 5.91 Å². The summed E-state index contributed by atoms with van der Waals surface area (Å²) in [6, 6.07) is 0.0180. The van der Waals surface area contributed by atoms with Gasteiger partial charge in [0.15, 0.2) is 0 Å². The van der Waals surface area contributed by atoms with E-state index in [1.54, 1.807) is 9.58 Å². The normalized spacial score (nSPS) is 18.9. The maximum atomic E-state index is 12.6. The van der Waals surface area contributed by atoms with Gasteiger partial charge in [0.05, 0.1) is 11.9 Å². The van der Waals surface area contributed by atoms with Crippen LogP contribution in [-0.4, -0.2) is 45.6 Å². The molecule has 1 atom stereocenters. The number of nitrogens with zero attached hydrogens (tertiary/aromatic N) is 3. The Labute approximate surface area is 118 Å². The zero-order valence-corrected chi connectivity index (χ0v) is 11.9. The zero-order chi connectivity index (χ0) is 14.7. The van der Waals surface area contributed by atoms with Crippen LogP contribution in [-0.2, 0) is 11.3 Å². The van der Waals surface area contributed by atoms with Crippen LogP contribution in [0.15, 0.2) is 6.20 Å². The maximum Gasteiger partial charge on any atom is 0.274 e. The van der Waals surface area contributed by atoms with Crippen molar-refractivity contribution in [1.82, 2.24) is 20.0 Å². The summed E-state index contributed by atoms with van der Waals surface area (Å²) in [5, 5.41) is 6.96. The van der Waals surface area contributed by atoms with Crippen molar-refractivity contribution in [2.24, 2.45) is 0 Å². The molecule has 20 heavy (non-hydrogen) atoms. The molecule has 1 aromatic rings. The summed E-state index contributed by atoms with van der Waals surface area (Å²) in [6.07, 6.45) is 3.27. The number of hydrogen-bond acceptors (Lipinski definition) is 4. The molecule has 7 heteroatoms. The number of rotatable bonds is 3. The van der Waals surface area contributed by atoms with E-state index in [0.717, 1.165) is 12.8 Å². The second-order valence-corrected chi connectivity index (χ2v) is 5.06. The third-order valence-electron chi connectivity index (χ3n) is 3.49. The van der Waals surface area contributed by atoms with Crippen LogP contribution in [0.2, 0.25) is 0 Å². The summed E-state index contributed by atoms with van der Waals surface area (Å²) in [5.74, 6) is -0.181. The van der Waals surface area contributed by atoms with Crippen LogP contribution in [0.4, 0.5) is 5.69 Å². The van der Waals surface area contributed by atoms with Gasteiger partial charge in [-0.15, -0.1) is 0 Å². The van der Waals surface area contributed by atoms with Crippen molar-refractivity contribution in [2.75, 3.05) is 18.8 Å². The molecule has 0 aliphatic carbocycles. The zero-order valence-electron chi connectivity index (χ0n) is 11.9. The second kappa shape index (κ2) is 5.94. The number of carbonyl (C=O) groups is 2. The molecule has 1 unspecified atom stereocenters. The van der Waals surface area contributed by atoms with E-state index in [1.165, 1.54) is 13.1 Å². The summed E-state index contributed by atoms with van der Waals surface area (Å²) in [6.45, 7) is 5.21. The lowest BCUT2D eigenvalue weighted by Gasteiger charge is -2.33. The summed E-state index contributed by atoms with van der Waals surface area (Å²) < 4.78 is 1.61. The first-order valence-corrected chi connectivity index (χ1v) is 6.90. The highest BCUT2D eigenvalue weighted by atomic mass is 16.2. The van der Waals surface area contributed by atoms with Crippen LogP contribution in [0.1, 0.15) is 37.2 Å². The van der Waals surface area contributed by atoms with Gasteiger partial charge in [0, 0.05) is 32.6 Å². The number of nitrogens with two attached hydrogens (primary N) is 1. The number of aryl methyl sites for hydroxylation is 1. The highest BCUT2D eigenvalue weighted by molar-refractivity contribution is 5.97. The summed E-state index contributed by atoms with van der Waals surface area (Å²) in [7, 11) is 0. The van der Waals surface area contributed by atoms with Crippen molar-refractivity contribution in [3.8, 4) is 0 Å². The molecular formula is C13H21N5O2. The number of amides is 2. The van der Waals surface area contributed by atoms with Crippen molar-refractivity contribution >= 4 is 17.5 Å². The molecule has 0 spiro atoms. The Morgan fingerprint density at radius 1 is 1.55 bits per heavy atom. The van der Waals surface area contributed by atoms with E-state index in [-0.39, 0.29) is 17.9 Å². The lowest BCUT2D eigenvalue weighted by molar-refractivity contribution is -0.120. The van der Waals surface area contributed by atoms with Crippen molar-refractivity contribution in [3.63, 3.8) is 0 Å². The lowest BCUT2D eigenvalue weighted by atomic mass is 10.1. The molecule has 7 nitrogen and oxygen atoms in total. The molecule has 2 amide bonds. The molecule has 0 bridgehead atoms. The molecule has 0 radical (unpaired) electrons. The fourth-order valence-corrected chi connectivity index (χ4v) is 2.59. The van der Waals surface area contributed by atoms with Gasteiger partial charge in [-0.2, -0.15) is 5.10 Å². The van der Waals surface area contributed by atoms with E-state index < -0.39 is 0 Å². The minimum atomic E-state index is -0.114. The minimum absolute atomic E-state index is 0.0180. The summed E-state index contributed by atoms with van der Waals surface area (Å²) in [5.41, 5.74) is 6.68. The van der Waals surface area contributed by atoms with E-state index in [4.69, 9.17) is 5.73 Å². The molecule has 2 heterocycles. The highest BCUT2D eigenvalue weighted by Crippen LogP contribution is 2.18. The molecule has 1 fully saturated rings. The van der Waals surface area contributed by atoms with E-state index in [9.17, 15) is 9.59 Å². The molecule has 1 aromatic heterocycles.